The minimum absolute atomic E-state index is 0.0385. The second-order valence-electron chi connectivity index (χ2n) is 7.96. The van der Waals surface area contributed by atoms with Crippen molar-refractivity contribution in [3.05, 3.63) is 81.2 Å². The Morgan fingerprint density at radius 2 is 1.94 bits per heavy atom. The van der Waals surface area contributed by atoms with Gasteiger partial charge in [0.2, 0.25) is 11.8 Å². The lowest BCUT2D eigenvalue weighted by Gasteiger charge is -2.43. The molecule has 1 aromatic heterocycles. The van der Waals surface area contributed by atoms with Gasteiger partial charge in [0.1, 0.15) is 11.6 Å². The van der Waals surface area contributed by atoms with Crippen LogP contribution in [0.5, 0.6) is 0 Å². The van der Waals surface area contributed by atoms with Crippen LogP contribution >= 0.6 is 15.9 Å². The van der Waals surface area contributed by atoms with Crippen LogP contribution in [0.3, 0.4) is 0 Å². The van der Waals surface area contributed by atoms with Gasteiger partial charge in [-0.1, -0.05) is 34.1 Å². The summed E-state index contributed by atoms with van der Waals surface area (Å²) in [4.78, 5) is 0. The molecule has 3 atom stereocenters. The standard InChI is InChI=1S/C24H21BrN5O/c1-15-4-2-3-11-30(15)23-21(16-5-9-19(25)10-6-16)20(14-28)22(17(12-26)13-27)29-24(23,31)18-7-8-18/h2-6,9-11,18,21,23,26,29,31H,7-8H2,1H3/q+1/t21-,23-,24-/m1/s1. The molecule has 6 nitrogen and oxygen atoms in total. The van der Waals surface area contributed by atoms with Gasteiger partial charge >= 0.3 is 0 Å². The van der Waals surface area contributed by atoms with Crippen LogP contribution in [0.25, 0.3) is 0 Å². The van der Waals surface area contributed by atoms with Crippen LogP contribution in [0.2, 0.25) is 0 Å². The summed E-state index contributed by atoms with van der Waals surface area (Å²) in [6.45, 7) is 1.97. The molecule has 2 aliphatic rings. The van der Waals surface area contributed by atoms with Gasteiger partial charge in [-0.3, -0.25) is 5.41 Å². The van der Waals surface area contributed by atoms with Crippen LogP contribution in [0.15, 0.2) is 70.0 Å². The second-order valence-corrected chi connectivity index (χ2v) is 8.88. The predicted molar refractivity (Wildman–Crippen MR) is 118 cm³/mol. The molecular weight excluding hydrogens is 454 g/mol. The molecule has 4 rings (SSSR count). The number of hydrogen-bond donors (Lipinski definition) is 3. The van der Waals surface area contributed by atoms with E-state index in [2.05, 4.69) is 33.2 Å². The van der Waals surface area contributed by atoms with Crippen molar-refractivity contribution in [1.29, 1.82) is 15.9 Å². The summed E-state index contributed by atoms with van der Waals surface area (Å²) in [5, 5.41) is 42.5. The number of nitriles is 2. The van der Waals surface area contributed by atoms with Crippen molar-refractivity contribution in [2.24, 2.45) is 5.92 Å². The Labute approximate surface area is 189 Å². The van der Waals surface area contributed by atoms with Gasteiger partial charge in [-0.15, -0.1) is 0 Å². The number of rotatable bonds is 4. The smallest absolute Gasteiger partial charge is 0.217 e. The number of hydrogen-bond acceptors (Lipinski definition) is 5. The molecule has 1 saturated carbocycles. The highest BCUT2D eigenvalue weighted by molar-refractivity contribution is 9.10. The predicted octanol–water partition coefficient (Wildman–Crippen LogP) is 3.55. The molecule has 0 unspecified atom stereocenters. The molecule has 1 aliphatic carbocycles. The Balaban J connectivity index is 2.06. The lowest BCUT2D eigenvalue weighted by atomic mass is 9.73. The Hall–Kier alpha value is -3.22. The van der Waals surface area contributed by atoms with Gasteiger partial charge in [0, 0.05) is 29.4 Å². The SMILES string of the molecule is Cc1cccc[n+]1[C@@H]1[C@H](c2ccc(Br)cc2)C(C#N)=C(C(=C=N)C#N)N[C@@]1(O)C1CC1. The Morgan fingerprint density at radius 1 is 1.23 bits per heavy atom. The van der Waals surface area contributed by atoms with Crippen LogP contribution in [-0.2, 0) is 0 Å². The fraction of sp³-hybridized carbons (Fsp3) is 0.292. The van der Waals surface area contributed by atoms with Crippen molar-refractivity contribution >= 4 is 21.8 Å². The fourth-order valence-electron chi connectivity index (χ4n) is 4.49. The van der Waals surface area contributed by atoms with E-state index in [1.807, 2.05) is 66.2 Å². The zero-order valence-corrected chi connectivity index (χ0v) is 18.5. The minimum atomic E-state index is -1.40. The van der Waals surface area contributed by atoms with Gasteiger partial charge in [0.15, 0.2) is 11.9 Å². The molecule has 154 valence electrons. The summed E-state index contributed by atoms with van der Waals surface area (Å²) in [6.07, 6.45) is 3.59. The van der Waals surface area contributed by atoms with Gasteiger partial charge in [0.25, 0.3) is 0 Å². The third-order valence-corrected chi connectivity index (χ3v) is 6.64. The molecule has 1 aliphatic heterocycles. The normalized spacial score (nSPS) is 25.1. The average molecular weight is 475 g/mol. The quantitative estimate of drug-likeness (QED) is 0.357. The van der Waals surface area contributed by atoms with Gasteiger partial charge in [-0.2, -0.15) is 15.1 Å². The highest BCUT2D eigenvalue weighted by Crippen LogP contribution is 2.52. The third kappa shape index (κ3) is 3.58. The van der Waals surface area contributed by atoms with Crippen molar-refractivity contribution in [1.82, 2.24) is 5.32 Å². The van der Waals surface area contributed by atoms with Crippen LogP contribution in [-0.4, -0.2) is 16.7 Å². The van der Waals surface area contributed by atoms with Crippen LogP contribution < -0.4 is 9.88 Å². The first-order valence-electron chi connectivity index (χ1n) is 10.0. The summed E-state index contributed by atoms with van der Waals surface area (Å²) in [5.41, 5.74) is 0.798. The van der Waals surface area contributed by atoms with E-state index in [-0.39, 0.29) is 17.2 Å². The van der Waals surface area contributed by atoms with E-state index in [1.165, 1.54) is 0 Å². The lowest BCUT2D eigenvalue weighted by Crippen LogP contribution is -2.66. The number of allylic oxidation sites excluding steroid dienone is 2. The molecule has 0 spiro atoms. The second kappa shape index (κ2) is 8.13. The number of nitrogens with one attached hydrogen (secondary N) is 2. The van der Waals surface area contributed by atoms with Gasteiger partial charge in [0.05, 0.1) is 23.3 Å². The Bertz CT molecular complexity index is 1200. The molecule has 2 aromatic rings. The number of aliphatic hydroxyl groups is 1. The maximum absolute atomic E-state index is 12.1. The first-order chi connectivity index (χ1) is 14.9. The van der Waals surface area contributed by atoms with E-state index >= 15 is 0 Å². The van der Waals surface area contributed by atoms with E-state index in [1.54, 1.807) is 0 Å². The summed E-state index contributed by atoms with van der Waals surface area (Å²) in [5.74, 6) is 1.57. The molecule has 1 aromatic carbocycles. The number of aromatic nitrogens is 1. The van der Waals surface area contributed by atoms with Crippen molar-refractivity contribution < 1.29 is 9.67 Å². The Kier molecular flexibility index (Phi) is 5.52. The van der Waals surface area contributed by atoms with E-state index < -0.39 is 17.7 Å². The van der Waals surface area contributed by atoms with Gasteiger partial charge < -0.3 is 10.4 Å². The highest BCUT2D eigenvalue weighted by Gasteiger charge is 2.61. The molecule has 0 bridgehead atoms. The van der Waals surface area contributed by atoms with Gasteiger partial charge in [-0.25, -0.2) is 0 Å². The number of pyridine rings is 1. The van der Waals surface area contributed by atoms with Crippen LogP contribution in [0.1, 0.15) is 36.1 Å². The monoisotopic (exact) mass is 474 g/mol. The van der Waals surface area contributed by atoms with Crippen molar-refractivity contribution in [3.63, 3.8) is 0 Å². The summed E-state index contributed by atoms with van der Waals surface area (Å²) in [7, 11) is 0. The molecule has 1 fully saturated rings. The molecule has 0 radical (unpaired) electrons. The maximum atomic E-state index is 12.1. The fourth-order valence-corrected chi connectivity index (χ4v) is 4.75. The zero-order valence-electron chi connectivity index (χ0n) is 16.9. The van der Waals surface area contributed by atoms with Crippen LogP contribution in [0.4, 0.5) is 0 Å². The maximum Gasteiger partial charge on any atom is 0.217 e. The van der Waals surface area contributed by atoms with Crippen molar-refractivity contribution in [2.75, 3.05) is 0 Å². The zero-order chi connectivity index (χ0) is 22.2. The lowest BCUT2D eigenvalue weighted by molar-refractivity contribution is -0.747. The molecule has 0 saturated heterocycles. The highest BCUT2D eigenvalue weighted by atomic mass is 79.9. The van der Waals surface area contributed by atoms with Crippen molar-refractivity contribution in [2.45, 2.75) is 37.5 Å². The van der Waals surface area contributed by atoms with Crippen LogP contribution in [0, 0.1) is 40.9 Å². The third-order valence-electron chi connectivity index (χ3n) is 6.11. The minimum Gasteiger partial charge on any atom is -0.365 e. The van der Waals surface area contributed by atoms with Gasteiger partial charge in [-0.05, 0) is 36.4 Å². The average Bonchev–Trinajstić information content (AvgIpc) is 3.62. The first-order valence-corrected chi connectivity index (χ1v) is 10.8. The van der Waals surface area contributed by atoms with E-state index in [0.717, 1.165) is 28.6 Å². The first kappa shape index (κ1) is 21.0. The van der Waals surface area contributed by atoms with E-state index in [9.17, 15) is 15.6 Å². The molecule has 3 N–H and O–H groups in total. The summed E-state index contributed by atoms with van der Waals surface area (Å²) < 4.78 is 2.91. The molecule has 0 amide bonds. The molecular formula is C24H21BrN5O+. The number of aryl methyl sites for hydroxylation is 1. The molecule has 2 heterocycles. The summed E-state index contributed by atoms with van der Waals surface area (Å²) in [6, 6.07) is 17.2. The Morgan fingerprint density at radius 3 is 2.48 bits per heavy atom. The molecule has 31 heavy (non-hydrogen) atoms. The molecule has 7 heteroatoms. The number of benzene rings is 1. The largest absolute Gasteiger partial charge is 0.365 e. The topological polar surface area (TPSA) is 108 Å². The number of nitrogens with zero attached hydrogens (tertiary/aromatic N) is 3. The van der Waals surface area contributed by atoms with Crippen molar-refractivity contribution in [3.8, 4) is 12.1 Å². The van der Waals surface area contributed by atoms with E-state index in [0.29, 0.717) is 5.57 Å². The summed E-state index contributed by atoms with van der Waals surface area (Å²) >= 11 is 3.46. The van der Waals surface area contributed by atoms with E-state index in [4.69, 9.17) is 5.41 Å². The number of halogens is 1.